The van der Waals surface area contributed by atoms with Crippen molar-refractivity contribution in [2.24, 2.45) is 10.8 Å². The second-order valence-electron chi connectivity index (χ2n) is 3.43. The maximum atomic E-state index is 8.87. The summed E-state index contributed by atoms with van der Waals surface area (Å²) in [6, 6.07) is 6.06. The molecular formula is C9H9N3. The molecule has 1 rings (SSSR count). The molecule has 0 saturated heterocycles. The number of hydrogen-bond acceptors (Lipinski definition) is 3. The van der Waals surface area contributed by atoms with E-state index in [-0.39, 0.29) is 0 Å². The summed E-state index contributed by atoms with van der Waals surface area (Å²) in [5.41, 5.74) is -1.84. The number of rotatable bonds is 0. The van der Waals surface area contributed by atoms with Crippen LogP contribution in [0.3, 0.4) is 0 Å². The van der Waals surface area contributed by atoms with E-state index in [0.29, 0.717) is 12.8 Å². The summed E-state index contributed by atoms with van der Waals surface area (Å²) in [5.74, 6) is 0. The van der Waals surface area contributed by atoms with Crippen LogP contribution in [-0.4, -0.2) is 0 Å². The minimum absolute atomic E-state index is 0.532. The molecule has 1 saturated carbocycles. The monoisotopic (exact) mass is 159 g/mol. The fraction of sp³-hybridized carbons (Fsp3) is 0.667. The van der Waals surface area contributed by atoms with Crippen molar-refractivity contribution in [3.63, 3.8) is 0 Å². The van der Waals surface area contributed by atoms with Gasteiger partial charge in [0.15, 0.2) is 5.41 Å². The number of nitriles is 3. The van der Waals surface area contributed by atoms with Gasteiger partial charge in [-0.05, 0) is 26.2 Å². The molecule has 0 heterocycles. The van der Waals surface area contributed by atoms with Gasteiger partial charge in [-0.1, -0.05) is 0 Å². The first-order chi connectivity index (χ1) is 5.64. The third-order valence-electron chi connectivity index (χ3n) is 2.80. The third kappa shape index (κ3) is 0.789. The van der Waals surface area contributed by atoms with E-state index in [1.807, 2.05) is 12.1 Å². The van der Waals surface area contributed by atoms with Gasteiger partial charge >= 0.3 is 0 Å². The summed E-state index contributed by atoms with van der Waals surface area (Å²) in [7, 11) is 0. The Labute approximate surface area is 71.8 Å². The summed E-state index contributed by atoms with van der Waals surface area (Å²) in [4.78, 5) is 0. The molecule has 12 heavy (non-hydrogen) atoms. The largest absolute Gasteiger partial charge is 0.198 e. The highest BCUT2D eigenvalue weighted by atomic mass is 14.6. The Balaban J connectivity index is 3.18. The van der Waals surface area contributed by atoms with Crippen molar-refractivity contribution in [1.82, 2.24) is 0 Å². The topological polar surface area (TPSA) is 71.4 Å². The lowest BCUT2D eigenvalue weighted by molar-refractivity contribution is 0.302. The second kappa shape index (κ2) is 2.50. The molecule has 1 aliphatic rings. The van der Waals surface area contributed by atoms with Gasteiger partial charge in [-0.3, -0.25) is 0 Å². The maximum absolute atomic E-state index is 8.87. The lowest BCUT2D eigenvalue weighted by Crippen LogP contribution is -2.30. The van der Waals surface area contributed by atoms with Crippen LogP contribution in [-0.2, 0) is 0 Å². The highest BCUT2D eigenvalue weighted by Gasteiger charge is 2.53. The van der Waals surface area contributed by atoms with Crippen LogP contribution in [0.25, 0.3) is 0 Å². The maximum Gasteiger partial charge on any atom is 0.162 e. The summed E-state index contributed by atoms with van der Waals surface area (Å²) >= 11 is 0. The first-order valence-corrected chi connectivity index (χ1v) is 3.88. The van der Waals surface area contributed by atoms with E-state index >= 15 is 0 Å². The van der Waals surface area contributed by atoms with E-state index in [0.717, 1.165) is 6.42 Å². The Bertz CT molecular complexity index is 298. The van der Waals surface area contributed by atoms with E-state index < -0.39 is 10.8 Å². The fourth-order valence-corrected chi connectivity index (χ4v) is 1.73. The summed E-state index contributed by atoms with van der Waals surface area (Å²) in [6.07, 6.45) is 1.99. The predicted molar refractivity (Wildman–Crippen MR) is 41.2 cm³/mol. The molecule has 3 nitrogen and oxygen atoms in total. The van der Waals surface area contributed by atoms with Gasteiger partial charge in [0.2, 0.25) is 0 Å². The van der Waals surface area contributed by atoms with Crippen molar-refractivity contribution >= 4 is 0 Å². The van der Waals surface area contributed by atoms with E-state index in [4.69, 9.17) is 15.8 Å². The average Bonchev–Trinajstić information content (AvgIpc) is 2.44. The van der Waals surface area contributed by atoms with Gasteiger partial charge in [0.1, 0.15) is 0 Å². The third-order valence-corrected chi connectivity index (χ3v) is 2.80. The van der Waals surface area contributed by atoms with Crippen LogP contribution in [0.1, 0.15) is 26.2 Å². The highest BCUT2D eigenvalue weighted by molar-refractivity contribution is 5.28. The van der Waals surface area contributed by atoms with Gasteiger partial charge in [-0.25, -0.2) is 0 Å². The molecule has 3 heteroatoms. The van der Waals surface area contributed by atoms with Crippen molar-refractivity contribution in [2.75, 3.05) is 0 Å². The van der Waals surface area contributed by atoms with Crippen molar-refractivity contribution < 1.29 is 0 Å². The Morgan fingerprint density at radius 2 is 1.58 bits per heavy atom. The van der Waals surface area contributed by atoms with Crippen LogP contribution >= 0.6 is 0 Å². The lowest BCUT2D eigenvalue weighted by Gasteiger charge is -2.25. The highest BCUT2D eigenvalue weighted by Crippen LogP contribution is 2.51. The molecule has 1 aliphatic carbocycles. The quantitative estimate of drug-likeness (QED) is 0.540. The van der Waals surface area contributed by atoms with Crippen LogP contribution in [0.2, 0.25) is 0 Å². The number of nitrogens with zero attached hydrogens (tertiary/aromatic N) is 3. The van der Waals surface area contributed by atoms with Crippen LogP contribution in [0.4, 0.5) is 0 Å². The zero-order valence-corrected chi connectivity index (χ0v) is 6.96. The normalized spacial score (nSPS) is 31.5. The zero-order valence-electron chi connectivity index (χ0n) is 6.96. The van der Waals surface area contributed by atoms with Crippen LogP contribution in [0, 0.1) is 44.8 Å². The minimum Gasteiger partial charge on any atom is -0.198 e. The van der Waals surface area contributed by atoms with Crippen molar-refractivity contribution in [1.29, 1.82) is 15.8 Å². The van der Waals surface area contributed by atoms with Crippen LogP contribution < -0.4 is 0 Å². The van der Waals surface area contributed by atoms with Gasteiger partial charge in [0.05, 0.1) is 23.6 Å². The predicted octanol–water partition coefficient (Wildman–Crippen LogP) is 1.73. The smallest absolute Gasteiger partial charge is 0.162 e. The van der Waals surface area contributed by atoms with Crippen molar-refractivity contribution in [3.8, 4) is 18.2 Å². The van der Waals surface area contributed by atoms with E-state index in [1.165, 1.54) is 0 Å². The van der Waals surface area contributed by atoms with E-state index in [9.17, 15) is 0 Å². The SMILES string of the molecule is CC1(C#N)CCCC1(C#N)C#N. The summed E-state index contributed by atoms with van der Waals surface area (Å²) in [6.45, 7) is 1.70. The fourth-order valence-electron chi connectivity index (χ4n) is 1.73. The Morgan fingerprint density at radius 1 is 1.00 bits per heavy atom. The average molecular weight is 159 g/mol. The molecule has 0 spiro atoms. The zero-order chi connectivity index (χ0) is 9.24. The molecular weight excluding hydrogens is 150 g/mol. The Hall–Kier alpha value is -1.53. The van der Waals surface area contributed by atoms with E-state index in [1.54, 1.807) is 6.92 Å². The van der Waals surface area contributed by atoms with E-state index in [2.05, 4.69) is 6.07 Å². The molecule has 0 aliphatic heterocycles. The van der Waals surface area contributed by atoms with Crippen molar-refractivity contribution in [3.05, 3.63) is 0 Å². The number of hydrogen-bond donors (Lipinski definition) is 0. The molecule has 1 unspecified atom stereocenters. The minimum atomic E-state index is -1.07. The molecule has 0 bridgehead atoms. The molecule has 0 N–H and O–H groups in total. The molecule has 0 aromatic heterocycles. The molecule has 0 amide bonds. The standard InChI is InChI=1S/C9H9N3/c1-8(5-10)3-2-4-9(8,6-11)7-12/h2-4H2,1H3. The molecule has 60 valence electrons. The van der Waals surface area contributed by atoms with Gasteiger partial charge < -0.3 is 0 Å². The van der Waals surface area contributed by atoms with Gasteiger partial charge in [-0.2, -0.15) is 15.8 Å². The second-order valence-corrected chi connectivity index (χ2v) is 3.43. The molecule has 1 fully saturated rings. The summed E-state index contributed by atoms with van der Waals surface area (Å²) < 4.78 is 0. The Kier molecular flexibility index (Phi) is 1.79. The first-order valence-electron chi connectivity index (χ1n) is 3.88. The van der Waals surface area contributed by atoms with Crippen LogP contribution in [0.15, 0.2) is 0 Å². The molecule has 0 aromatic rings. The Morgan fingerprint density at radius 3 is 1.92 bits per heavy atom. The van der Waals surface area contributed by atoms with Crippen molar-refractivity contribution in [2.45, 2.75) is 26.2 Å². The molecule has 0 aromatic carbocycles. The van der Waals surface area contributed by atoms with Gasteiger partial charge in [-0.15, -0.1) is 0 Å². The first kappa shape index (κ1) is 8.57. The van der Waals surface area contributed by atoms with Crippen LogP contribution in [0.5, 0.6) is 0 Å². The van der Waals surface area contributed by atoms with Gasteiger partial charge in [0, 0.05) is 0 Å². The van der Waals surface area contributed by atoms with Gasteiger partial charge in [0.25, 0.3) is 0 Å². The summed E-state index contributed by atoms with van der Waals surface area (Å²) in [5, 5.41) is 26.6. The molecule has 0 radical (unpaired) electrons. The molecule has 1 atom stereocenters. The lowest BCUT2D eigenvalue weighted by atomic mass is 9.70.